The molecule has 3 heterocycles. The van der Waals surface area contributed by atoms with E-state index in [1.165, 1.54) is 48.5 Å². The number of rotatable bonds is 9. The van der Waals surface area contributed by atoms with Crippen LogP contribution in [0.5, 0.6) is 0 Å². The number of thiophene rings is 1. The first-order valence-corrected chi connectivity index (χ1v) is 25.8. The Bertz CT molecular complexity index is 4220. The predicted molar refractivity (Wildman–Crippen MR) is 311 cm³/mol. The van der Waals surface area contributed by atoms with E-state index in [2.05, 4.69) is 265 Å². The smallest absolute Gasteiger partial charge is 0.165 e. The lowest BCUT2D eigenvalue weighted by atomic mass is 9.92. The van der Waals surface area contributed by atoms with Crippen LogP contribution in [0.25, 0.3) is 137 Å². The molecule has 14 rings (SSSR count). The van der Waals surface area contributed by atoms with Crippen LogP contribution in [0.4, 0.5) is 0 Å². The molecule has 0 fully saturated rings. The van der Waals surface area contributed by atoms with Crippen LogP contribution < -0.4 is 0 Å². The molecule has 346 valence electrons. The van der Waals surface area contributed by atoms with Crippen LogP contribution in [-0.4, -0.2) is 19.5 Å². The standard InChI is InChI=1S/C69H44N4S/c1-6-19-45(20-7-1)48-33-35-51(36-34-48)67-70-68(72-69(71-67)57-31-18-30-56-55-29-16-17-32-64(55)74-66(56)57)54-43-58(49-25-12-4-13-26-49)65(59(44-54)50-27-14-5-15-28-50)73-62-39-37-52(46-21-8-2-9-22-46)41-60(62)61-42-53(38-40-63(61)73)47-23-10-3-11-24-47/h1-44H. The molecule has 74 heavy (non-hydrogen) atoms. The number of hydrogen-bond donors (Lipinski definition) is 0. The Labute approximate surface area is 432 Å². The highest BCUT2D eigenvalue weighted by atomic mass is 32.1. The third-order valence-electron chi connectivity index (χ3n) is 14.3. The van der Waals surface area contributed by atoms with Crippen molar-refractivity contribution in [3.63, 3.8) is 0 Å². The Kier molecular flexibility index (Phi) is 10.7. The van der Waals surface area contributed by atoms with Gasteiger partial charge < -0.3 is 4.57 Å². The third kappa shape index (κ3) is 7.66. The van der Waals surface area contributed by atoms with Crippen molar-refractivity contribution in [2.75, 3.05) is 0 Å². The molecule has 0 bridgehead atoms. The second-order valence-corrected chi connectivity index (χ2v) is 19.8. The summed E-state index contributed by atoms with van der Waals surface area (Å²) in [7, 11) is 0. The molecule has 5 heteroatoms. The van der Waals surface area contributed by atoms with Crippen molar-refractivity contribution in [3.05, 3.63) is 267 Å². The van der Waals surface area contributed by atoms with E-state index >= 15 is 0 Å². The van der Waals surface area contributed by atoms with Gasteiger partial charge in [0.15, 0.2) is 17.5 Å². The van der Waals surface area contributed by atoms with E-state index in [1.807, 2.05) is 6.07 Å². The summed E-state index contributed by atoms with van der Waals surface area (Å²) in [6.45, 7) is 0. The number of benzene rings is 11. The van der Waals surface area contributed by atoms with Gasteiger partial charge in [-0.3, -0.25) is 0 Å². The van der Waals surface area contributed by atoms with Crippen molar-refractivity contribution in [1.29, 1.82) is 0 Å². The maximum absolute atomic E-state index is 5.50. The van der Waals surface area contributed by atoms with Crippen molar-refractivity contribution >= 4 is 53.3 Å². The zero-order valence-electron chi connectivity index (χ0n) is 40.1. The maximum atomic E-state index is 5.50. The minimum Gasteiger partial charge on any atom is -0.308 e. The largest absolute Gasteiger partial charge is 0.308 e. The van der Waals surface area contributed by atoms with Gasteiger partial charge in [0.05, 0.1) is 16.7 Å². The van der Waals surface area contributed by atoms with E-state index in [-0.39, 0.29) is 0 Å². The van der Waals surface area contributed by atoms with Crippen molar-refractivity contribution in [2.45, 2.75) is 0 Å². The fourth-order valence-electron chi connectivity index (χ4n) is 10.7. The van der Waals surface area contributed by atoms with Gasteiger partial charge in [0.2, 0.25) is 0 Å². The molecule has 0 atom stereocenters. The Morgan fingerprint density at radius 3 is 1.20 bits per heavy atom. The van der Waals surface area contributed by atoms with Crippen LogP contribution in [0.1, 0.15) is 0 Å². The van der Waals surface area contributed by atoms with Crippen molar-refractivity contribution < 1.29 is 0 Å². The summed E-state index contributed by atoms with van der Waals surface area (Å²) < 4.78 is 4.87. The van der Waals surface area contributed by atoms with E-state index in [4.69, 9.17) is 15.0 Å². The van der Waals surface area contributed by atoms with E-state index in [0.29, 0.717) is 17.5 Å². The van der Waals surface area contributed by atoms with Gasteiger partial charge >= 0.3 is 0 Å². The Balaban J connectivity index is 1.05. The maximum Gasteiger partial charge on any atom is 0.165 e. The Morgan fingerprint density at radius 2 is 0.662 bits per heavy atom. The second kappa shape index (κ2) is 18.2. The van der Waals surface area contributed by atoms with Crippen LogP contribution in [-0.2, 0) is 0 Å². The molecule has 0 amide bonds. The van der Waals surface area contributed by atoms with Gasteiger partial charge in [-0.15, -0.1) is 11.3 Å². The predicted octanol–water partition coefficient (Wildman–Crippen LogP) is 18.7. The molecule has 4 nitrogen and oxygen atoms in total. The molecular weight excluding hydrogens is 917 g/mol. The molecule has 0 saturated carbocycles. The first kappa shape index (κ1) is 43.3. The average Bonchev–Trinajstić information content (AvgIpc) is 4.03. The molecule has 0 radical (unpaired) electrons. The lowest BCUT2D eigenvalue weighted by Gasteiger charge is -2.21. The second-order valence-electron chi connectivity index (χ2n) is 18.7. The number of hydrogen-bond acceptors (Lipinski definition) is 4. The van der Waals surface area contributed by atoms with Crippen LogP contribution in [0.2, 0.25) is 0 Å². The minimum absolute atomic E-state index is 0.596. The van der Waals surface area contributed by atoms with Crippen molar-refractivity contribution in [2.24, 2.45) is 0 Å². The first-order chi connectivity index (χ1) is 36.7. The summed E-state index contributed by atoms with van der Waals surface area (Å²) in [5.74, 6) is 1.84. The fraction of sp³-hybridized carbons (Fsp3) is 0. The first-order valence-electron chi connectivity index (χ1n) is 25.0. The minimum atomic E-state index is 0.596. The van der Waals surface area contributed by atoms with E-state index in [9.17, 15) is 0 Å². The lowest BCUT2D eigenvalue weighted by Crippen LogP contribution is -2.04. The summed E-state index contributed by atoms with van der Waals surface area (Å²) in [6.07, 6.45) is 0. The van der Waals surface area contributed by atoms with E-state index in [1.54, 1.807) is 11.3 Å². The van der Waals surface area contributed by atoms with Crippen LogP contribution in [0.3, 0.4) is 0 Å². The summed E-state index contributed by atoms with van der Waals surface area (Å²) in [4.78, 5) is 16.3. The third-order valence-corrected chi connectivity index (χ3v) is 15.5. The molecule has 0 aliphatic rings. The van der Waals surface area contributed by atoms with Crippen molar-refractivity contribution in [3.8, 4) is 95.5 Å². The lowest BCUT2D eigenvalue weighted by molar-refractivity contribution is 1.08. The van der Waals surface area contributed by atoms with Gasteiger partial charge in [0.25, 0.3) is 0 Å². The number of aromatic nitrogens is 4. The quantitative estimate of drug-likeness (QED) is 0.145. The molecule has 0 spiro atoms. The van der Waals surface area contributed by atoms with Crippen molar-refractivity contribution in [1.82, 2.24) is 19.5 Å². The van der Waals surface area contributed by atoms with Gasteiger partial charge in [0, 0.05) is 58.8 Å². The molecule has 14 aromatic rings. The topological polar surface area (TPSA) is 43.6 Å². The van der Waals surface area contributed by atoms with Crippen LogP contribution in [0.15, 0.2) is 267 Å². The normalized spacial score (nSPS) is 11.5. The summed E-state index contributed by atoms with van der Waals surface area (Å²) in [5.41, 5.74) is 17.4. The zero-order valence-corrected chi connectivity index (χ0v) is 40.9. The Morgan fingerprint density at radius 1 is 0.257 bits per heavy atom. The van der Waals surface area contributed by atoms with Gasteiger partial charge in [-0.25, -0.2) is 15.0 Å². The SMILES string of the molecule is c1ccc(-c2ccc(-c3nc(-c4cc(-c5ccccc5)c(-n5c6ccc(-c7ccccc7)cc6c6cc(-c7ccccc7)ccc65)c(-c5ccccc5)c4)nc(-c4cccc5c4sc4ccccc45)n3)cc2)cc1. The summed E-state index contributed by atoms with van der Waals surface area (Å²) >= 11 is 1.78. The molecule has 11 aromatic carbocycles. The number of nitrogens with zero attached hydrogens (tertiary/aromatic N) is 4. The van der Waals surface area contributed by atoms with Crippen LogP contribution in [0, 0.1) is 0 Å². The average molecular weight is 961 g/mol. The van der Waals surface area contributed by atoms with Crippen LogP contribution >= 0.6 is 11.3 Å². The van der Waals surface area contributed by atoms with E-state index in [0.717, 1.165) is 71.5 Å². The molecule has 0 aliphatic heterocycles. The molecule has 0 unspecified atom stereocenters. The highest BCUT2D eigenvalue weighted by molar-refractivity contribution is 7.26. The Hall–Kier alpha value is -9.55. The summed E-state index contributed by atoms with van der Waals surface area (Å²) in [5, 5.41) is 4.79. The highest BCUT2D eigenvalue weighted by Gasteiger charge is 2.24. The summed E-state index contributed by atoms with van der Waals surface area (Å²) in [6, 6.07) is 95.6. The molecule has 0 aliphatic carbocycles. The highest BCUT2D eigenvalue weighted by Crippen LogP contribution is 2.46. The fourth-order valence-corrected chi connectivity index (χ4v) is 11.9. The monoisotopic (exact) mass is 960 g/mol. The molecule has 3 aromatic heterocycles. The van der Waals surface area contributed by atoms with Gasteiger partial charge in [0.1, 0.15) is 0 Å². The van der Waals surface area contributed by atoms with E-state index < -0.39 is 0 Å². The molecule has 0 saturated heterocycles. The zero-order chi connectivity index (χ0) is 49.0. The molecule has 0 N–H and O–H groups in total. The van der Waals surface area contributed by atoms with Gasteiger partial charge in [-0.05, 0) is 93.0 Å². The van der Waals surface area contributed by atoms with Gasteiger partial charge in [-0.2, -0.15) is 0 Å². The number of fused-ring (bicyclic) bond motifs is 6. The molecular formula is C69H44N4S. The van der Waals surface area contributed by atoms with Gasteiger partial charge in [-0.1, -0.05) is 218 Å².